The Kier molecular flexibility index (Phi) is 9.83. The molecule has 17 heteroatoms. The lowest BCUT2D eigenvalue weighted by Gasteiger charge is -2.45. The summed E-state index contributed by atoms with van der Waals surface area (Å²) in [6.07, 6.45) is -2.80. The summed E-state index contributed by atoms with van der Waals surface area (Å²) in [4.78, 5) is 23.8. The largest absolute Gasteiger partial charge is 0.481 e. The first-order valence-corrected chi connectivity index (χ1v) is 14.2. The highest BCUT2D eigenvalue weighted by Crippen LogP contribution is 2.35. The molecule has 1 aromatic carbocycles. The van der Waals surface area contributed by atoms with E-state index < -0.39 is 72.6 Å². The zero-order valence-corrected chi connectivity index (χ0v) is 24.3. The van der Waals surface area contributed by atoms with Crippen LogP contribution >= 0.6 is 0 Å². The summed E-state index contributed by atoms with van der Waals surface area (Å²) in [5.74, 6) is -5.16. The number of methoxy groups -OCH3 is 2. The van der Waals surface area contributed by atoms with E-state index in [1.807, 2.05) is 0 Å². The van der Waals surface area contributed by atoms with Gasteiger partial charge in [-0.3, -0.25) is 4.79 Å². The molecule has 1 saturated heterocycles. The van der Waals surface area contributed by atoms with E-state index in [4.69, 9.17) is 14.2 Å². The summed E-state index contributed by atoms with van der Waals surface area (Å²) in [6.45, 7) is -0.975. The zero-order chi connectivity index (χ0) is 32.4. The number of amides is 1. The number of aliphatic hydroxyl groups excluding tert-OH is 4. The van der Waals surface area contributed by atoms with Crippen LogP contribution in [0.25, 0.3) is 11.3 Å². The molecule has 0 radical (unpaired) electrons. The normalized spacial score (nSPS) is 26.8. The van der Waals surface area contributed by atoms with Crippen molar-refractivity contribution in [2.75, 3.05) is 20.8 Å². The third kappa shape index (κ3) is 6.30. The number of aromatic nitrogens is 5. The van der Waals surface area contributed by atoms with Gasteiger partial charge in [0.15, 0.2) is 23.6 Å². The van der Waals surface area contributed by atoms with Crippen LogP contribution in [0.1, 0.15) is 37.3 Å². The van der Waals surface area contributed by atoms with Gasteiger partial charge in [-0.05, 0) is 25.0 Å². The summed E-state index contributed by atoms with van der Waals surface area (Å²) in [6, 6.07) is -0.759. The van der Waals surface area contributed by atoms with Gasteiger partial charge in [0.25, 0.3) is 5.91 Å². The Bertz CT molecular complexity index is 1470. The molecular formula is C28H33F3N6O8. The van der Waals surface area contributed by atoms with Gasteiger partial charge in [-0.15, -0.1) is 5.10 Å². The fourth-order valence-electron chi connectivity index (χ4n) is 5.89. The summed E-state index contributed by atoms with van der Waals surface area (Å²) in [5.41, 5.74) is -0.0169. The average molecular weight is 639 g/mol. The van der Waals surface area contributed by atoms with Crippen LogP contribution in [0, 0.1) is 17.5 Å². The highest BCUT2D eigenvalue weighted by Gasteiger charge is 2.51. The SMILES string of the molecule is COc1ncnc(OC)c1CN(C(=O)[C@@H]1O[C@H](CO)[C@H](O)[C@H](n2cc(-c3cc(F)c(F)c(F)c3)nn2)[C@H]1O)[C@H]1CCCC[C@@H]1O. The maximum Gasteiger partial charge on any atom is 0.255 e. The first kappa shape index (κ1) is 32.5. The second kappa shape index (κ2) is 13.6. The van der Waals surface area contributed by atoms with Crippen molar-refractivity contribution in [3.63, 3.8) is 0 Å². The number of aliphatic hydroxyl groups is 4. The van der Waals surface area contributed by atoms with Crippen LogP contribution in [0.4, 0.5) is 13.2 Å². The maximum absolute atomic E-state index is 14.3. The minimum absolute atomic E-state index is 0.111. The number of halogens is 3. The van der Waals surface area contributed by atoms with E-state index >= 15 is 0 Å². The lowest BCUT2D eigenvalue weighted by molar-refractivity contribution is -0.214. The Morgan fingerprint density at radius 2 is 1.69 bits per heavy atom. The van der Waals surface area contributed by atoms with E-state index in [0.29, 0.717) is 31.4 Å². The van der Waals surface area contributed by atoms with E-state index in [2.05, 4.69) is 20.3 Å². The molecule has 5 rings (SSSR count). The van der Waals surface area contributed by atoms with Crippen molar-refractivity contribution in [3.05, 3.63) is 47.7 Å². The smallest absolute Gasteiger partial charge is 0.255 e. The van der Waals surface area contributed by atoms with E-state index in [1.54, 1.807) is 0 Å². The van der Waals surface area contributed by atoms with Crippen LogP contribution in [-0.4, -0.2) is 114 Å². The summed E-state index contributed by atoms with van der Waals surface area (Å²) < 4.78 is 58.7. The fraction of sp³-hybridized carbons (Fsp3) is 0.536. The van der Waals surface area contributed by atoms with E-state index in [0.717, 1.165) is 17.3 Å². The maximum atomic E-state index is 14.3. The van der Waals surface area contributed by atoms with Crippen LogP contribution in [0.3, 0.4) is 0 Å². The second-order valence-corrected chi connectivity index (χ2v) is 10.8. The molecule has 14 nitrogen and oxygen atoms in total. The van der Waals surface area contributed by atoms with Gasteiger partial charge in [-0.2, -0.15) is 0 Å². The molecule has 2 fully saturated rings. The Hall–Kier alpha value is -3.90. The van der Waals surface area contributed by atoms with Gasteiger partial charge in [0.1, 0.15) is 36.4 Å². The van der Waals surface area contributed by atoms with Crippen LogP contribution in [-0.2, 0) is 16.1 Å². The molecule has 3 aromatic rings. The number of hydrogen-bond acceptors (Lipinski definition) is 12. The first-order valence-electron chi connectivity index (χ1n) is 14.2. The van der Waals surface area contributed by atoms with Gasteiger partial charge in [0, 0.05) is 5.56 Å². The molecule has 1 aliphatic heterocycles. The standard InChI is InChI=1S/C28H33F3N6O8/c1-43-26-14(27(44-2)33-12-32-26)9-36(18-5-3-4-6-19(18)39)28(42)25-24(41)22(23(40)20(11-38)45-25)37-10-17(34-35-37)13-7-15(29)21(31)16(30)8-13/h7-8,10,12,18-20,22-25,38-41H,3-6,9,11H2,1-2H3/t18-,19-,20+,22-,23-,24+,25+/m0/s1. The van der Waals surface area contributed by atoms with Crippen LogP contribution in [0.2, 0.25) is 0 Å². The second-order valence-electron chi connectivity index (χ2n) is 10.8. The summed E-state index contributed by atoms with van der Waals surface area (Å²) in [7, 11) is 2.75. The molecule has 7 atom stereocenters. The molecule has 0 unspecified atom stereocenters. The minimum Gasteiger partial charge on any atom is -0.481 e. The van der Waals surface area contributed by atoms with Gasteiger partial charge >= 0.3 is 0 Å². The summed E-state index contributed by atoms with van der Waals surface area (Å²) in [5, 5.41) is 51.3. The Morgan fingerprint density at radius 1 is 1.04 bits per heavy atom. The fourth-order valence-corrected chi connectivity index (χ4v) is 5.89. The molecule has 3 heterocycles. The number of benzene rings is 1. The van der Waals surface area contributed by atoms with Crippen molar-refractivity contribution < 1.29 is 52.6 Å². The van der Waals surface area contributed by atoms with Crippen molar-refractivity contribution in [3.8, 4) is 23.0 Å². The molecule has 1 amide bonds. The number of rotatable bonds is 9. The van der Waals surface area contributed by atoms with Gasteiger partial charge < -0.3 is 39.5 Å². The van der Waals surface area contributed by atoms with Crippen LogP contribution < -0.4 is 9.47 Å². The van der Waals surface area contributed by atoms with E-state index in [-0.39, 0.29) is 35.1 Å². The molecule has 1 aliphatic carbocycles. The number of nitrogens with zero attached hydrogens (tertiary/aromatic N) is 6. The molecular weight excluding hydrogens is 605 g/mol. The highest BCUT2D eigenvalue weighted by molar-refractivity contribution is 5.82. The number of carbonyl (C=O) groups is 1. The predicted molar refractivity (Wildman–Crippen MR) is 146 cm³/mol. The average Bonchev–Trinajstić information content (AvgIpc) is 3.52. The third-order valence-corrected chi connectivity index (χ3v) is 8.19. The number of hydrogen-bond donors (Lipinski definition) is 4. The molecule has 0 spiro atoms. The van der Waals surface area contributed by atoms with Gasteiger partial charge in [-0.25, -0.2) is 27.8 Å². The number of ether oxygens (including phenoxy) is 3. The number of carbonyl (C=O) groups excluding carboxylic acids is 1. The quantitative estimate of drug-likeness (QED) is 0.239. The lowest BCUT2D eigenvalue weighted by Crippen LogP contribution is -2.62. The van der Waals surface area contributed by atoms with Gasteiger partial charge in [0.2, 0.25) is 11.8 Å². The predicted octanol–water partition coefficient (Wildman–Crippen LogP) is 0.524. The van der Waals surface area contributed by atoms with Crippen molar-refractivity contribution in [2.24, 2.45) is 0 Å². The topological polar surface area (TPSA) is 185 Å². The van der Waals surface area contributed by atoms with E-state index in [1.165, 1.54) is 25.4 Å². The monoisotopic (exact) mass is 638 g/mol. The molecule has 2 aliphatic rings. The van der Waals surface area contributed by atoms with Crippen molar-refractivity contribution >= 4 is 5.91 Å². The van der Waals surface area contributed by atoms with Gasteiger partial charge in [0.05, 0.1) is 51.3 Å². The van der Waals surface area contributed by atoms with Crippen molar-refractivity contribution in [1.29, 1.82) is 0 Å². The lowest BCUT2D eigenvalue weighted by atomic mass is 9.88. The van der Waals surface area contributed by atoms with Crippen molar-refractivity contribution in [1.82, 2.24) is 29.9 Å². The Labute approximate surface area is 255 Å². The van der Waals surface area contributed by atoms with E-state index in [9.17, 15) is 38.4 Å². The van der Waals surface area contributed by atoms with Crippen LogP contribution in [0.15, 0.2) is 24.7 Å². The Morgan fingerprint density at radius 3 is 2.29 bits per heavy atom. The first-order chi connectivity index (χ1) is 21.6. The molecule has 4 N–H and O–H groups in total. The van der Waals surface area contributed by atoms with Crippen LogP contribution in [0.5, 0.6) is 11.8 Å². The zero-order valence-electron chi connectivity index (χ0n) is 24.3. The molecule has 45 heavy (non-hydrogen) atoms. The molecule has 2 aromatic heterocycles. The van der Waals surface area contributed by atoms with Crippen molar-refractivity contribution in [2.45, 2.75) is 74.8 Å². The third-order valence-electron chi connectivity index (χ3n) is 8.19. The summed E-state index contributed by atoms with van der Waals surface area (Å²) >= 11 is 0. The highest BCUT2D eigenvalue weighted by atomic mass is 19.2. The molecule has 1 saturated carbocycles. The van der Waals surface area contributed by atoms with Gasteiger partial charge in [-0.1, -0.05) is 18.1 Å². The molecule has 244 valence electrons. The molecule has 0 bridgehead atoms. The Balaban J connectivity index is 1.51. The minimum atomic E-state index is -1.80.